The van der Waals surface area contributed by atoms with Crippen molar-refractivity contribution in [1.29, 1.82) is 0 Å². The second-order valence-electron chi connectivity index (χ2n) is 34.5. The van der Waals surface area contributed by atoms with Gasteiger partial charge in [-0.2, -0.15) is 0 Å². The van der Waals surface area contributed by atoms with Gasteiger partial charge in [-0.1, -0.05) is 71.2 Å². The summed E-state index contributed by atoms with van der Waals surface area (Å²) in [4.78, 5) is 96.5. The van der Waals surface area contributed by atoms with Gasteiger partial charge in [-0.15, -0.1) is 22.7 Å². The predicted molar refractivity (Wildman–Crippen MR) is 578 cm³/mol. The van der Waals surface area contributed by atoms with Crippen molar-refractivity contribution in [2.24, 2.45) is 7.05 Å². The van der Waals surface area contributed by atoms with Gasteiger partial charge in [0, 0.05) is 203 Å². The van der Waals surface area contributed by atoms with E-state index in [-0.39, 0.29) is 89.6 Å². The Balaban J connectivity index is 0.000000242. The topological polar surface area (TPSA) is 406 Å². The standard InChI is InChI=1S/C27H31N5O5S2.C25H27ClN6O3S.C24H26N6O2S.C23H24Cl2N4O5S2.8H2/c1-3-37-23-8-4-6-20-7-5-14-31(25(20)23)19(2)26(34)30-15-16-32(24(33)18-30)21-9-11-22(12-10-21)39(35,36)29-27-28-13-17-38-27;26-20-3-8-23-19(16-20)2-1-11-32(23)17-25(33)31-14-12-30(13-15-31)21-4-6-22(7-5-21)36(34,35)29-24-9-10-27-18-28-24;1-28-21(16-19-4-2-3-5-23(19)28)17-29-12-14-30(15-13-29)20-6-8-22(9-7-20)33(31,32)27-24-10-11-25-18-26-24;1-15(34-20-4-2-3-19(24)21(20)25)22(31)29-11-10-28(13-17(29)14-30)16-5-7-18(8-6-16)36(32,33)27-23-26-9-12-35-23;;;;;;;;/h4,6,8-13,17,19H,3,5,7,14-16,18H2,1-2H3,(H,28,29);3-10,16,18H,1-2,11-15,17H2,(H,27,28,29);2-11,16,18H,12-15,17H2,1H3,(H,25,26,27);2-9,12,15,17,30H,10-11,13-14H2,1H3,(H,26,27);8*1H/t19-;;;15-,17+;;;;;;;;/m1..1......../s1. The third-order valence-electron chi connectivity index (χ3n) is 25.4. The first-order valence-corrected chi connectivity index (χ1v) is 55.5. The van der Waals surface area contributed by atoms with Crippen LogP contribution in [0.4, 0.5) is 56.0 Å². The number of nitrogens with zero attached hydrogens (tertiary/aromatic N) is 17. The van der Waals surface area contributed by atoms with Gasteiger partial charge in [0.05, 0.1) is 56.1 Å². The summed E-state index contributed by atoms with van der Waals surface area (Å²) in [5.74, 6) is 1.08. The normalized spacial score (nSPS) is 16.2. The Bertz CT molecular complexity index is 7170. The van der Waals surface area contributed by atoms with Crippen molar-refractivity contribution in [3.05, 3.63) is 274 Å². The minimum atomic E-state index is -3.78. The van der Waals surface area contributed by atoms with Crippen LogP contribution < -0.4 is 57.8 Å². The number of sulfonamides is 4. The molecule has 4 amide bonds. The van der Waals surface area contributed by atoms with Crippen LogP contribution in [0.25, 0.3) is 10.9 Å². The number of para-hydroxylation sites is 2. The van der Waals surface area contributed by atoms with Crippen molar-refractivity contribution >= 4 is 188 Å². The number of carbonyl (C=O) groups is 4. The molecule has 0 bridgehead atoms. The molecule has 0 saturated carbocycles. The predicted octanol–water partition coefficient (Wildman–Crippen LogP) is 15.2. The zero-order valence-corrected chi connectivity index (χ0v) is 86.3. The van der Waals surface area contributed by atoms with Crippen molar-refractivity contribution < 1.29 is 78.8 Å². The Morgan fingerprint density at radius 1 is 0.528 bits per heavy atom. The number of halogens is 3. The summed E-state index contributed by atoms with van der Waals surface area (Å²) in [5.41, 5.74) is 10.3. The molecular formula is C99H124Cl3N21O15S6. The molecule has 0 aliphatic carbocycles. The molecule has 19 rings (SSSR count). The van der Waals surface area contributed by atoms with Crippen LogP contribution >= 0.6 is 57.5 Å². The molecule has 6 aliphatic rings. The number of hydrogen-bond donors (Lipinski definition) is 5. The Morgan fingerprint density at radius 3 is 1.60 bits per heavy atom. The molecule has 11 heterocycles. The number of aliphatic hydroxyl groups excluding tert-OH is 1. The fourth-order valence-electron chi connectivity index (χ4n) is 17.9. The molecule has 5 aromatic heterocycles. The van der Waals surface area contributed by atoms with E-state index in [1.807, 2.05) is 66.1 Å². The third kappa shape index (κ3) is 25.5. The fourth-order valence-corrected chi connectivity index (χ4v) is 24.0. The van der Waals surface area contributed by atoms with E-state index >= 15 is 0 Å². The summed E-state index contributed by atoms with van der Waals surface area (Å²) in [6, 6.07) is 56.0. The van der Waals surface area contributed by atoms with E-state index in [4.69, 9.17) is 44.3 Å². The van der Waals surface area contributed by atoms with Gasteiger partial charge in [-0.05, 0) is 221 Å². The molecule has 13 aromatic rings. The molecule has 0 radical (unpaired) electrons. The highest BCUT2D eigenvalue weighted by Crippen LogP contribution is 2.40. The van der Waals surface area contributed by atoms with Crippen LogP contribution in [0.2, 0.25) is 15.1 Å². The van der Waals surface area contributed by atoms with E-state index in [2.05, 4.69) is 121 Å². The molecule has 144 heavy (non-hydrogen) atoms. The number of nitrogens with one attached hydrogen (secondary N) is 4. The van der Waals surface area contributed by atoms with Gasteiger partial charge < -0.3 is 63.2 Å². The quantitative estimate of drug-likeness (QED) is 0.0304. The average molecular weight is 2150 g/mol. The van der Waals surface area contributed by atoms with E-state index in [0.29, 0.717) is 93.6 Å². The molecule has 8 aromatic carbocycles. The monoisotopic (exact) mass is 2140 g/mol. The van der Waals surface area contributed by atoms with E-state index in [1.54, 1.807) is 111 Å². The maximum absolute atomic E-state index is 13.5. The molecule has 5 N–H and O–H groups in total. The maximum atomic E-state index is 13.5. The van der Waals surface area contributed by atoms with Gasteiger partial charge in [0.25, 0.3) is 46.0 Å². The van der Waals surface area contributed by atoms with E-state index < -0.39 is 58.3 Å². The van der Waals surface area contributed by atoms with Crippen LogP contribution in [0.1, 0.15) is 61.8 Å². The van der Waals surface area contributed by atoms with Gasteiger partial charge in [0.2, 0.25) is 17.7 Å². The van der Waals surface area contributed by atoms with Crippen molar-refractivity contribution in [3.63, 3.8) is 0 Å². The number of carbonyl (C=O) groups excluding carboxylic acids is 4. The molecule has 772 valence electrons. The lowest BCUT2D eigenvalue weighted by atomic mass is 9.99. The molecule has 0 spiro atoms. The van der Waals surface area contributed by atoms with E-state index in [1.165, 1.54) is 124 Å². The van der Waals surface area contributed by atoms with Crippen LogP contribution in [-0.2, 0) is 85.7 Å². The molecule has 6 aliphatic heterocycles. The summed E-state index contributed by atoms with van der Waals surface area (Å²) in [7, 11) is -12.8. The Morgan fingerprint density at radius 2 is 1.06 bits per heavy atom. The zero-order valence-electron chi connectivity index (χ0n) is 79.1. The van der Waals surface area contributed by atoms with Gasteiger partial charge in [0.1, 0.15) is 53.4 Å². The lowest BCUT2D eigenvalue weighted by Crippen LogP contribution is -2.59. The second-order valence-corrected chi connectivity index (χ2v) is 44.3. The van der Waals surface area contributed by atoms with Crippen LogP contribution in [0.5, 0.6) is 11.5 Å². The fraction of sp³-hybridized carbons (Fsp3) is 0.313. The van der Waals surface area contributed by atoms with Crippen LogP contribution in [0, 0.1) is 0 Å². The first-order chi connectivity index (χ1) is 69.4. The van der Waals surface area contributed by atoms with Crippen LogP contribution in [0.15, 0.2) is 262 Å². The van der Waals surface area contributed by atoms with Gasteiger partial charge in [-0.3, -0.25) is 43.0 Å². The number of amides is 4. The highest BCUT2D eigenvalue weighted by atomic mass is 35.5. The third-order valence-corrected chi connectivity index (χ3v) is 33.5. The minimum absolute atomic E-state index is 0. The number of fused-ring (bicyclic) bond motifs is 3. The summed E-state index contributed by atoms with van der Waals surface area (Å²) in [5, 5.41) is 16.5. The molecule has 3 atom stereocenters. The summed E-state index contributed by atoms with van der Waals surface area (Å²) in [6.45, 7) is 16.8. The number of piperazine rings is 4. The van der Waals surface area contributed by atoms with Gasteiger partial charge >= 0.3 is 0 Å². The number of aryl methyl sites for hydroxylation is 3. The number of anilines is 10. The van der Waals surface area contributed by atoms with Crippen molar-refractivity contribution in [3.8, 4) is 11.5 Å². The highest BCUT2D eigenvalue weighted by Gasteiger charge is 2.38. The van der Waals surface area contributed by atoms with Gasteiger partial charge in [0.15, 0.2) is 16.4 Å². The number of hydrogen-bond acceptors (Lipinski definition) is 29. The summed E-state index contributed by atoms with van der Waals surface area (Å²) >= 11 is 20.7. The van der Waals surface area contributed by atoms with E-state index in [0.717, 1.165) is 111 Å². The number of thiazole rings is 2. The number of aliphatic hydroxyl groups is 1. The molecular weight excluding hydrogens is 2020 g/mol. The number of rotatable bonds is 28. The second kappa shape index (κ2) is 46.8. The zero-order chi connectivity index (χ0) is 101. The lowest BCUT2D eigenvalue weighted by Gasteiger charge is -2.42. The average Bonchev–Trinajstić information content (AvgIpc) is 1.61. The first-order valence-electron chi connectivity index (χ1n) is 46.6. The van der Waals surface area contributed by atoms with Crippen LogP contribution in [-0.4, -0.2) is 259 Å². The van der Waals surface area contributed by atoms with Crippen molar-refractivity contribution in [2.45, 2.75) is 90.8 Å². The first kappa shape index (κ1) is 104. The number of benzene rings is 8. The SMILES string of the molecule is CCOc1cccc2c1N([C@H](C)C(=O)N1CCN(c3ccc(S(=O)(=O)Nc4nccs4)cc3)C(=O)C1)CCC2.C[C@@H](Oc1cccc(Cl)c1Cl)C(=O)N1CCN(c2ccc(S(=O)(=O)Nc3nccs3)cc2)C[C@H]1CO.Cn1c(CN2CCN(c3ccc(S(=O)(=O)Nc4ccncn4)cc3)CC2)cc2ccccc21.O=C(CN1CCCc2cc(Cl)ccc21)N1CCN(c2ccc(S(=O)(=O)Nc3ccncn3)cc2)CC1.[HH].[HH].[HH].[HH].[HH].[HH].[HH].[HH]. The Labute approximate surface area is 871 Å². The Hall–Kier alpha value is -13.0. The number of aromatic nitrogens is 7. The molecule has 4 saturated heterocycles. The molecule has 0 unspecified atom stereocenters. The van der Waals surface area contributed by atoms with Gasteiger partial charge in [-0.25, -0.2) is 63.6 Å². The van der Waals surface area contributed by atoms with E-state index in [9.17, 15) is 58.0 Å². The summed E-state index contributed by atoms with van der Waals surface area (Å²) < 4.78 is 125. The maximum Gasteiger partial charge on any atom is 0.263 e. The molecule has 36 nitrogen and oxygen atoms in total. The highest BCUT2D eigenvalue weighted by molar-refractivity contribution is 7.93. The van der Waals surface area contributed by atoms with Crippen LogP contribution in [0.3, 0.4) is 0 Å². The smallest absolute Gasteiger partial charge is 0.263 e. The largest absolute Gasteiger partial charge is 0.492 e. The summed E-state index contributed by atoms with van der Waals surface area (Å²) in [6.07, 6.45) is 11.6. The number of ether oxygens (including phenoxy) is 2. The van der Waals surface area contributed by atoms with Crippen molar-refractivity contribution in [1.82, 2.24) is 54.1 Å². The lowest BCUT2D eigenvalue weighted by molar-refractivity contribution is -0.141. The minimum Gasteiger partial charge on any atom is -0.492 e. The van der Waals surface area contributed by atoms with Crippen molar-refractivity contribution in [2.75, 3.05) is 173 Å². The molecule has 4 fully saturated rings. The Kier molecular flexibility index (Phi) is 33.7. The molecule has 45 heteroatoms.